The SMILES string of the molecule is O=C(NCc1ccc(F)cc1)c1noc(Cn2cncn2)n1. The summed E-state index contributed by atoms with van der Waals surface area (Å²) in [5.74, 6) is -0.626. The normalized spacial score (nSPS) is 10.6. The van der Waals surface area contributed by atoms with Crippen LogP contribution in [0.4, 0.5) is 4.39 Å². The van der Waals surface area contributed by atoms with Crippen molar-refractivity contribution in [2.45, 2.75) is 13.1 Å². The summed E-state index contributed by atoms with van der Waals surface area (Å²) >= 11 is 0. The van der Waals surface area contributed by atoms with Gasteiger partial charge in [0.25, 0.3) is 11.7 Å². The van der Waals surface area contributed by atoms with Crippen molar-refractivity contribution in [1.29, 1.82) is 0 Å². The summed E-state index contributed by atoms with van der Waals surface area (Å²) in [6.45, 7) is 0.476. The molecule has 0 aliphatic rings. The minimum absolute atomic E-state index is 0.0720. The highest BCUT2D eigenvalue weighted by Crippen LogP contribution is 2.03. The van der Waals surface area contributed by atoms with Gasteiger partial charge in [0.1, 0.15) is 25.0 Å². The van der Waals surface area contributed by atoms with Gasteiger partial charge in [0, 0.05) is 6.54 Å². The lowest BCUT2D eigenvalue weighted by atomic mass is 10.2. The van der Waals surface area contributed by atoms with E-state index >= 15 is 0 Å². The molecule has 9 heteroatoms. The van der Waals surface area contributed by atoms with Crippen LogP contribution in [-0.4, -0.2) is 30.8 Å². The van der Waals surface area contributed by atoms with Gasteiger partial charge in [-0.05, 0) is 17.7 Å². The fourth-order valence-corrected chi connectivity index (χ4v) is 1.73. The van der Waals surface area contributed by atoms with E-state index < -0.39 is 5.91 Å². The van der Waals surface area contributed by atoms with E-state index in [9.17, 15) is 9.18 Å². The molecule has 0 radical (unpaired) electrons. The molecule has 0 spiro atoms. The Balaban J connectivity index is 1.58. The number of nitrogens with zero attached hydrogens (tertiary/aromatic N) is 5. The molecule has 3 rings (SSSR count). The van der Waals surface area contributed by atoms with Crippen LogP contribution in [0.5, 0.6) is 0 Å². The number of rotatable bonds is 5. The quantitative estimate of drug-likeness (QED) is 0.747. The van der Waals surface area contributed by atoms with Crippen molar-refractivity contribution < 1.29 is 13.7 Å². The number of aromatic nitrogens is 5. The van der Waals surface area contributed by atoms with E-state index in [-0.39, 0.29) is 30.6 Å². The summed E-state index contributed by atoms with van der Waals surface area (Å²) in [5.41, 5.74) is 0.765. The van der Waals surface area contributed by atoms with Crippen molar-refractivity contribution in [2.24, 2.45) is 0 Å². The first kappa shape index (κ1) is 13.9. The zero-order valence-electron chi connectivity index (χ0n) is 11.3. The van der Waals surface area contributed by atoms with E-state index in [4.69, 9.17) is 4.52 Å². The molecule has 22 heavy (non-hydrogen) atoms. The van der Waals surface area contributed by atoms with Crippen LogP contribution in [-0.2, 0) is 13.1 Å². The number of carbonyl (C=O) groups is 1. The number of hydrogen-bond acceptors (Lipinski definition) is 6. The van der Waals surface area contributed by atoms with Gasteiger partial charge in [-0.25, -0.2) is 14.1 Å². The van der Waals surface area contributed by atoms with Crippen LogP contribution in [0.15, 0.2) is 41.4 Å². The smallest absolute Gasteiger partial charge is 0.292 e. The van der Waals surface area contributed by atoms with Crippen LogP contribution in [0.1, 0.15) is 22.1 Å². The van der Waals surface area contributed by atoms with Gasteiger partial charge in [-0.3, -0.25) is 4.79 Å². The zero-order chi connectivity index (χ0) is 15.4. The number of carbonyl (C=O) groups excluding carboxylic acids is 1. The lowest BCUT2D eigenvalue weighted by Crippen LogP contribution is -2.24. The van der Waals surface area contributed by atoms with Crippen molar-refractivity contribution in [2.75, 3.05) is 0 Å². The van der Waals surface area contributed by atoms with Gasteiger partial charge in [0.2, 0.25) is 5.89 Å². The molecular weight excluding hydrogens is 291 g/mol. The second kappa shape index (κ2) is 6.12. The molecule has 0 bridgehead atoms. The Kier molecular flexibility index (Phi) is 3.86. The van der Waals surface area contributed by atoms with Gasteiger partial charge >= 0.3 is 0 Å². The highest BCUT2D eigenvalue weighted by atomic mass is 19.1. The van der Waals surface area contributed by atoms with Crippen molar-refractivity contribution >= 4 is 5.91 Å². The van der Waals surface area contributed by atoms with Gasteiger partial charge in [0.05, 0.1) is 0 Å². The molecule has 8 nitrogen and oxygen atoms in total. The third kappa shape index (κ3) is 3.32. The third-order valence-corrected chi connectivity index (χ3v) is 2.80. The van der Waals surface area contributed by atoms with Crippen LogP contribution in [0, 0.1) is 5.82 Å². The second-order valence-electron chi connectivity index (χ2n) is 4.41. The molecule has 0 aliphatic heterocycles. The summed E-state index contributed by atoms with van der Waals surface area (Å²) in [6.07, 6.45) is 2.88. The van der Waals surface area contributed by atoms with E-state index in [1.807, 2.05) is 0 Å². The van der Waals surface area contributed by atoms with E-state index in [0.717, 1.165) is 5.56 Å². The topological polar surface area (TPSA) is 98.7 Å². The molecule has 2 heterocycles. The summed E-state index contributed by atoms with van der Waals surface area (Å²) < 4.78 is 19.2. The van der Waals surface area contributed by atoms with Crippen LogP contribution in [0.3, 0.4) is 0 Å². The predicted octanol–water partition coefficient (Wildman–Crippen LogP) is 0.778. The van der Waals surface area contributed by atoms with E-state index in [0.29, 0.717) is 0 Å². The summed E-state index contributed by atoms with van der Waals surface area (Å²) in [6, 6.07) is 5.82. The van der Waals surface area contributed by atoms with Gasteiger partial charge in [-0.15, -0.1) is 0 Å². The van der Waals surface area contributed by atoms with Crippen LogP contribution in [0.2, 0.25) is 0 Å². The van der Waals surface area contributed by atoms with Gasteiger partial charge in [-0.2, -0.15) is 10.1 Å². The molecule has 112 valence electrons. The number of halogens is 1. The highest BCUT2D eigenvalue weighted by Gasteiger charge is 2.14. The average Bonchev–Trinajstić information content (AvgIpc) is 3.19. The fraction of sp³-hybridized carbons (Fsp3) is 0.154. The molecule has 1 amide bonds. The fourth-order valence-electron chi connectivity index (χ4n) is 1.73. The lowest BCUT2D eigenvalue weighted by molar-refractivity contribution is 0.0937. The molecule has 2 aromatic heterocycles. The minimum atomic E-state index is -0.474. The first-order chi connectivity index (χ1) is 10.7. The third-order valence-electron chi connectivity index (χ3n) is 2.80. The molecular formula is C13H11FN6O2. The van der Waals surface area contributed by atoms with E-state index in [1.165, 1.54) is 29.5 Å². The Morgan fingerprint density at radius 1 is 1.32 bits per heavy atom. The minimum Gasteiger partial charge on any atom is -0.345 e. The molecule has 0 saturated carbocycles. The molecule has 0 unspecified atom stereocenters. The van der Waals surface area contributed by atoms with E-state index in [2.05, 4.69) is 25.5 Å². The molecule has 0 atom stereocenters. The Morgan fingerprint density at radius 3 is 2.86 bits per heavy atom. The summed E-state index contributed by atoms with van der Waals surface area (Å²) in [7, 11) is 0. The maximum atomic E-state index is 12.8. The van der Waals surface area contributed by atoms with Crippen LogP contribution in [0.25, 0.3) is 0 Å². The number of nitrogens with one attached hydrogen (secondary N) is 1. The van der Waals surface area contributed by atoms with Crippen LogP contribution >= 0.6 is 0 Å². The lowest BCUT2D eigenvalue weighted by Gasteiger charge is -2.02. The van der Waals surface area contributed by atoms with Crippen LogP contribution < -0.4 is 5.32 Å². The van der Waals surface area contributed by atoms with Gasteiger partial charge in [-0.1, -0.05) is 17.3 Å². The van der Waals surface area contributed by atoms with Crippen molar-refractivity contribution in [1.82, 2.24) is 30.2 Å². The van der Waals surface area contributed by atoms with Gasteiger partial charge < -0.3 is 9.84 Å². The Hall–Kier alpha value is -3.10. The summed E-state index contributed by atoms with van der Waals surface area (Å²) in [5, 5.41) is 10.1. The molecule has 3 aromatic rings. The monoisotopic (exact) mass is 302 g/mol. The molecule has 1 aromatic carbocycles. The average molecular weight is 302 g/mol. The number of benzene rings is 1. The Labute approximate surface area is 124 Å². The second-order valence-corrected chi connectivity index (χ2v) is 4.41. The first-order valence-electron chi connectivity index (χ1n) is 6.38. The first-order valence-corrected chi connectivity index (χ1v) is 6.38. The predicted molar refractivity (Wildman–Crippen MR) is 71.0 cm³/mol. The molecule has 0 aliphatic carbocycles. The number of hydrogen-bond donors (Lipinski definition) is 1. The van der Waals surface area contributed by atoms with Crippen molar-refractivity contribution in [3.05, 3.63) is 60.0 Å². The maximum absolute atomic E-state index is 12.8. The number of amides is 1. The van der Waals surface area contributed by atoms with Crippen molar-refractivity contribution in [3.63, 3.8) is 0 Å². The van der Waals surface area contributed by atoms with E-state index in [1.54, 1.807) is 12.1 Å². The largest absolute Gasteiger partial charge is 0.345 e. The van der Waals surface area contributed by atoms with Crippen molar-refractivity contribution in [3.8, 4) is 0 Å². The standard InChI is InChI=1S/C13H11FN6O2/c14-10-3-1-9(2-4-10)5-16-13(21)12-18-11(22-19-12)6-20-8-15-7-17-20/h1-4,7-8H,5-6H2,(H,16,21). The maximum Gasteiger partial charge on any atom is 0.292 e. The summed E-state index contributed by atoms with van der Waals surface area (Å²) in [4.78, 5) is 19.7. The molecule has 0 fully saturated rings. The molecule has 1 N–H and O–H groups in total. The zero-order valence-corrected chi connectivity index (χ0v) is 11.3. The van der Waals surface area contributed by atoms with Gasteiger partial charge in [0.15, 0.2) is 0 Å². The molecule has 0 saturated heterocycles. The Bertz CT molecular complexity index is 753. The Morgan fingerprint density at radius 2 is 2.14 bits per heavy atom. The highest BCUT2D eigenvalue weighted by molar-refractivity contribution is 5.90.